The molecule has 70 valence electrons. The van der Waals surface area contributed by atoms with E-state index in [4.69, 9.17) is 11.6 Å². The van der Waals surface area contributed by atoms with Crippen LogP contribution in [0.4, 0.5) is 0 Å². The molecule has 1 aromatic rings. The number of carbonyl (C=O) groups excluding carboxylic acids is 1. The molecule has 0 atom stereocenters. The Kier molecular flexibility index (Phi) is 3.02. The van der Waals surface area contributed by atoms with E-state index >= 15 is 0 Å². The lowest BCUT2D eigenvalue weighted by Crippen LogP contribution is -2.16. The molecule has 0 saturated heterocycles. The highest BCUT2D eigenvalue weighted by molar-refractivity contribution is 6.17. The molecular weight excluding hydrogens is 196 g/mol. The van der Waals surface area contributed by atoms with Crippen LogP contribution in [-0.2, 0) is 10.6 Å². The maximum Gasteiger partial charge on any atom is 0.358 e. The number of hydrogen-bond donors (Lipinski definition) is 1. The van der Waals surface area contributed by atoms with Crippen LogP contribution in [0.3, 0.4) is 0 Å². The van der Waals surface area contributed by atoms with Crippen LogP contribution in [0.2, 0.25) is 0 Å². The summed E-state index contributed by atoms with van der Waals surface area (Å²) in [5.74, 6) is -0.576. The number of halogens is 1. The van der Waals surface area contributed by atoms with Gasteiger partial charge in [0.15, 0.2) is 5.69 Å². The van der Waals surface area contributed by atoms with Gasteiger partial charge in [0.25, 0.3) is 5.56 Å². The summed E-state index contributed by atoms with van der Waals surface area (Å²) in [6.07, 6.45) is 0. The molecule has 1 rings (SSSR count). The molecular formula is C7H7ClN2O3. The van der Waals surface area contributed by atoms with E-state index in [0.717, 1.165) is 0 Å². The van der Waals surface area contributed by atoms with Gasteiger partial charge in [-0.25, -0.2) is 9.89 Å². The second-order valence-corrected chi connectivity index (χ2v) is 2.50. The molecule has 13 heavy (non-hydrogen) atoms. The lowest BCUT2D eigenvalue weighted by molar-refractivity contribution is 0.0591. The first-order valence-electron chi connectivity index (χ1n) is 3.42. The molecule has 0 radical (unpaired) electrons. The topological polar surface area (TPSA) is 72.0 Å². The number of nitrogens with one attached hydrogen (secondary N) is 1. The third kappa shape index (κ3) is 2.06. The number of alkyl halides is 1. The number of H-pyrrole nitrogens is 1. The van der Waals surface area contributed by atoms with Crippen LogP contribution >= 0.6 is 11.6 Å². The van der Waals surface area contributed by atoms with E-state index in [9.17, 15) is 9.59 Å². The molecule has 1 heterocycles. The van der Waals surface area contributed by atoms with Crippen LogP contribution in [0.5, 0.6) is 0 Å². The van der Waals surface area contributed by atoms with Gasteiger partial charge in [-0.2, -0.15) is 5.10 Å². The number of esters is 1. The Labute approximate surface area is 78.7 Å². The number of nitrogens with zero attached hydrogens (tertiary/aromatic N) is 1. The molecule has 5 nitrogen and oxygen atoms in total. The van der Waals surface area contributed by atoms with Gasteiger partial charge in [0.05, 0.1) is 13.0 Å². The zero-order chi connectivity index (χ0) is 9.84. The highest BCUT2D eigenvalue weighted by Crippen LogP contribution is 2.06. The number of ether oxygens (including phenoxy) is 1. The Morgan fingerprint density at radius 3 is 3.00 bits per heavy atom. The van der Waals surface area contributed by atoms with Gasteiger partial charge >= 0.3 is 5.97 Å². The first-order valence-corrected chi connectivity index (χ1v) is 3.95. The van der Waals surface area contributed by atoms with Gasteiger partial charge < -0.3 is 4.74 Å². The van der Waals surface area contributed by atoms with Gasteiger partial charge in [-0.15, -0.1) is 11.6 Å². The van der Waals surface area contributed by atoms with Gasteiger partial charge in [0.2, 0.25) is 0 Å². The average Bonchev–Trinajstić information content (AvgIpc) is 2.16. The van der Waals surface area contributed by atoms with Crippen LogP contribution in [0.1, 0.15) is 16.1 Å². The number of hydrogen-bond acceptors (Lipinski definition) is 4. The van der Waals surface area contributed by atoms with E-state index < -0.39 is 11.5 Å². The van der Waals surface area contributed by atoms with Crippen molar-refractivity contribution in [2.45, 2.75) is 5.88 Å². The summed E-state index contributed by atoms with van der Waals surface area (Å²) in [6.45, 7) is 0. The number of aromatic nitrogens is 2. The number of rotatable bonds is 2. The van der Waals surface area contributed by atoms with E-state index in [0.29, 0.717) is 5.56 Å². The minimum atomic E-state index is -0.619. The van der Waals surface area contributed by atoms with Crippen molar-refractivity contribution in [2.75, 3.05) is 7.11 Å². The first kappa shape index (κ1) is 9.73. The van der Waals surface area contributed by atoms with Crippen molar-refractivity contribution in [1.82, 2.24) is 10.2 Å². The number of aromatic amines is 1. The summed E-state index contributed by atoms with van der Waals surface area (Å²) in [5, 5.41) is 5.65. The fourth-order valence-electron chi connectivity index (χ4n) is 0.817. The fourth-order valence-corrected chi connectivity index (χ4v) is 1.02. The lowest BCUT2D eigenvalue weighted by atomic mass is 10.2. The molecule has 0 aliphatic rings. The van der Waals surface area contributed by atoms with E-state index in [2.05, 4.69) is 14.9 Å². The molecule has 0 spiro atoms. The maximum atomic E-state index is 11.0. The summed E-state index contributed by atoms with van der Waals surface area (Å²) in [6, 6.07) is 1.21. The summed E-state index contributed by atoms with van der Waals surface area (Å²) in [5.41, 5.74) is -0.00216. The van der Waals surface area contributed by atoms with Crippen molar-refractivity contribution in [3.63, 3.8) is 0 Å². The zero-order valence-corrected chi connectivity index (χ0v) is 7.59. The SMILES string of the molecule is COC(=O)c1n[nH]c(=O)cc1CCl. The second kappa shape index (κ2) is 4.04. The molecule has 0 aromatic carbocycles. The smallest absolute Gasteiger partial charge is 0.358 e. The van der Waals surface area contributed by atoms with Crippen LogP contribution in [0.15, 0.2) is 10.9 Å². The molecule has 0 aliphatic heterocycles. The van der Waals surface area contributed by atoms with Crippen molar-refractivity contribution in [3.05, 3.63) is 27.7 Å². The largest absolute Gasteiger partial charge is 0.464 e. The number of carbonyl (C=O) groups is 1. The standard InChI is InChI=1S/C7H7ClN2O3/c1-13-7(12)6-4(3-8)2-5(11)9-10-6/h2H,3H2,1H3,(H,9,11). The Morgan fingerprint density at radius 2 is 2.46 bits per heavy atom. The zero-order valence-electron chi connectivity index (χ0n) is 6.83. The quantitative estimate of drug-likeness (QED) is 0.553. The first-order chi connectivity index (χ1) is 6.19. The predicted octanol–water partition coefficient (Wildman–Crippen LogP) is 0.295. The molecule has 6 heteroatoms. The van der Waals surface area contributed by atoms with E-state index in [1.54, 1.807) is 0 Å². The molecule has 0 amide bonds. The minimum absolute atomic E-state index is 0.0390. The molecule has 0 saturated carbocycles. The van der Waals surface area contributed by atoms with E-state index in [-0.39, 0.29) is 11.6 Å². The van der Waals surface area contributed by atoms with Gasteiger partial charge in [-0.1, -0.05) is 0 Å². The summed E-state index contributed by atoms with van der Waals surface area (Å²) in [4.78, 5) is 21.8. The van der Waals surface area contributed by atoms with Gasteiger partial charge in [-0.05, 0) is 0 Å². The third-order valence-corrected chi connectivity index (χ3v) is 1.70. The molecule has 0 fully saturated rings. The van der Waals surface area contributed by atoms with Crippen molar-refractivity contribution < 1.29 is 9.53 Å². The third-order valence-electron chi connectivity index (χ3n) is 1.41. The molecule has 0 bridgehead atoms. The van der Waals surface area contributed by atoms with Crippen LogP contribution < -0.4 is 5.56 Å². The fraction of sp³-hybridized carbons (Fsp3) is 0.286. The Morgan fingerprint density at radius 1 is 1.77 bits per heavy atom. The predicted molar refractivity (Wildman–Crippen MR) is 45.8 cm³/mol. The van der Waals surface area contributed by atoms with Crippen molar-refractivity contribution in [2.24, 2.45) is 0 Å². The maximum absolute atomic E-state index is 11.0. The molecule has 0 unspecified atom stereocenters. The van der Waals surface area contributed by atoms with Crippen molar-refractivity contribution in [1.29, 1.82) is 0 Å². The number of methoxy groups -OCH3 is 1. The van der Waals surface area contributed by atoms with Gasteiger partial charge in [0.1, 0.15) is 0 Å². The molecule has 0 aliphatic carbocycles. The van der Waals surface area contributed by atoms with Crippen LogP contribution in [0, 0.1) is 0 Å². The monoisotopic (exact) mass is 202 g/mol. The summed E-state index contributed by atoms with van der Waals surface area (Å²) in [7, 11) is 1.23. The second-order valence-electron chi connectivity index (χ2n) is 2.23. The van der Waals surface area contributed by atoms with Crippen LogP contribution in [-0.4, -0.2) is 23.3 Å². The molecule has 1 aromatic heterocycles. The van der Waals surface area contributed by atoms with Crippen LogP contribution in [0.25, 0.3) is 0 Å². The molecule has 1 N–H and O–H groups in total. The Hall–Kier alpha value is -1.36. The van der Waals surface area contributed by atoms with Gasteiger partial charge in [-0.3, -0.25) is 4.79 Å². The minimum Gasteiger partial charge on any atom is -0.464 e. The van der Waals surface area contributed by atoms with E-state index in [1.807, 2.05) is 0 Å². The average molecular weight is 203 g/mol. The van der Waals surface area contributed by atoms with E-state index in [1.165, 1.54) is 13.2 Å². The highest BCUT2D eigenvalue weighted by Gasteiger charge is 2.13. The van der Waals surface area contributed by atoms with Gasteiger partial charge in [0, 0.05) is 11.6 Å². The van der Waals surface area contributed by atoms with Crippen molar-refractivity contribution >= 4 is 17.6 Å². The summed E-state index contributed by atoms with van der Waals surface area (Å²) < 4.78 is 4.44. The Bertz CT molecular complexity index is 374. The lowest BCUT2D eigenvalue weighted by Gasteiger charge is -2.01. The normalized spacial score (nSPS) is 9.69. The summed E-state index contributed by atoms with van der Waals surface area (Å²) >= 11 is 5.50. The van der Waals surface area contributed by atoms with Crippen molar-refractivity contribution in [3.8, 4) is 0 Å². The Balaban J connectivity index is 3.21. The highest BCUT2D eigenvalue weighted by atomic mass is 35.5.